The fraction of sp³-hybridized carbons (Fsp3) is 0.143. The number of hydrogen-bond acceptors (Lipinski definition) is 5. The summed E-state index contributed by atoms with van der Waals surface area (Å²) in [4.78, 5) is 15.4. The van der Waals surface area contributed by atoms with Gasteiger partial charge in [0.1, 0.15) is 5.52 Å². The number of para-hydroxylation sites is 2. The Bertz CT molecular complexity index is 798. The Hall–Kier alpha value is -2.96. The number of fused-ring (bicyclic) bond motifs is 1. The van der Waals surface area contributed by atoms with Gasteiger partial charge in [-0.05, 0) is 18.2 Å². The summed E-state index contributed by atoms with van der Waals surface area (Å²) in [7, 11) is 1.73. The molecule has 21 heavy (non-hydrogen) atoms. The van der Waals surface area contributed by atoms with Crippen LogP contribution in [0.1, 0.15) is 18.0 Å². The number of aromatic nitrogens is 4. The van der Waals surface area contributed by atoms with Crippen molar-refractivity contribution in [2.24, 2.45) is 7.05 Å². The van der Waals surface area contributed by atoms with Crippen LogP contribution in [0.4, 0.5) is 0 Å². The van der Waals surface area contributed by atoms with E-state index in [4.69, 9.17) is 9.52 Å². The molecule has 0 saturated heterocycles. The van der Waals surface area contributed by atoms with Crippen LogP contribution < -0.4 is 0 Å². The van der Waals surface area contributed by atoms with E-state index in [1.54, 1.807) is 30.1 Å². The smallest absolute Gasteiger partial charge is 0.308 e. The van der Waals surface area contributed by atoms with Crippen molar-refractivity contribution in [2.45, 2.75) is 6.42 Å². The van der Waals surface area contributed by atoms with Crippen LogP contribution in [0.3, 0.4) is 0 Å². The molecule has 0 aliphatic rings. The Morgan fingerprint density at radius 3 is 2.90 bits per heavy atom. The number of oxazole rings is 1. The molecule has 1 aromatic carbocycles. The van der Waals surface area contributed by atoms with Crippen molar-refractivity contribution in [3.05, 3.63) is 42.0 Å². The van der Waals surface area contributed by atoms with Gasteiger partial charge in [-0.25, -0.2) is 9.67 Å². The molecule has 7 nitrogen and oxygen atoms in total. The highest BCUT2D eigenvalue weighted by molar-refractivity contribution is 5.90. The summed E-state index contributed by atoms with van der Waals surface area (Å²) in [5.74, 6) is -0.668. The van der Waals surface area contributed by atoms with Gasteiger partial charge in [0.25, 0.3) is 0 Å². The number of carboxylic acids is 1. The molecule has 0 saturated carbocycles. The zero-order chi connectivity index (χ0) is 14.8. The Kier molecular flexibility index (Phi) is 3.23. The Labute approximate surface area is 119 Å². The molecule has 2 heterocycles. The van der Waals surface area contributed by atoms with Crippen molar-refractivity contribution in [2.75, 3.05) is 0 Å². The number of nitrogens with zero attached hydrogens (tertiary/aromatic N) is 4. The zero-order valence-corrected chi connectivity index (χ0v) is 11.2. The molecular weight excluding hydrogens is 272 g/mol. The lowest BCUT2D eigenvalue weighted by Crippen LogP contribution is -1.99. The Morgan fingerprint density at radius 1 is 1.43 bits per heavy atom. The first kappa shape index (κ1) is 13.0. The maximum atomic E-state index is 11.1. The maximum Gasteiger partial charge on any atom is 0.308 e. The number of aryl methyl sites for hydroxylation is 1. The van der Waals surface area contributed by atoms with E-state index in [1.807, 2.05) is 18.2 Å². The van der Waals surface area contributed by atoms with Gasteiger partial charge in [-0.1, -0.05) is 17.3 Å². The molecule has 7 heteroatoms. The predicted octanol–water partition coefficient (Wildman–Crippen LogP) is 1.97. The third-order valence-corrected chi connectivity index (χ3v) is 2.98. The van der Waals surface area contributed by atoms with Gasteiger partial charge in [-0.3, -0.25) is 4.79 Å². The number of carboxylic acid groups (broad SMARTS) is 1. The number of carbonyl (C=O) groups is 1. The lowest BCUT2D eigenvalue weighted by Gasteiger charge is -2.00. The van der Waals surface area contributed by atoms with Crippen molar-refractivity contribution < 1.29 is 14.3 Å². The molecule has 2 aromatic heterocycles. The summed E-state index contributed by atoms with van der Waals surface area (Å²) in [5, 5.41) is 16.6. The van der Waals surface area contributed by atoms with Gasteiger partial charge >= 0.3 is 5.97 Å². The fourth-order valence-electron chi connectivity index (χ4n) is 1.97. The highest BCUT2D eigenvalue weighted by Gasteiger charge is 2.15. The molecule has 3 rings (SSSR count). The van der Waals surface area contributed by atoms with Crippen LogP contribution in [-0.2, 0) is 11.8 Å². The summed E-state index contributed by atoms with van der Waals surface area (Å²) >= 11 is 0. The fourth-order valence-corrected chi connectivity index (χ4v) is 1.97. The Balaban J connectivity index is 2.08. The topological polar surface area (TPSA) is 94.0 Å². The van der Waals surface area contributed by atoms with Crippen LogP contribution in [0.25, 0.3) is 22.7 Å². The van der Waals surface area contributed by atoms with E-state index in [-0.39, 0.29) is 6.42 Å². The van der Waals surface area contributed by atoms with E-state index < -0.39 is 5.97 Å². The Morgan fingerprint density at radius 2 is 2.24 bits per heavy atom. The SMILES string of the molecule is Cn1nncc1/C=C(\CC(=O)O)c1nc2ccccc2o1. The van der Waals surface area contributed by atoms with Crippen LogP contribution in [0.5, 0.6) is 0 Å². The van der Waals surface area contributed by atoms with E-state index in [0.717, 1.165) is 0 Å². The number of rotatable bonds is 4. The molecular formula is C14H12N4O3. The first-order valence-electron chi connectivity index (χ1n) is 6.26. The first-order valence-corrected chi connectivity index (χ1v) is 6.26. The largest absolute Gasteiger partial charge is 0.481 e. The number of aliphatic carboxylic acids is 1. The summed E-state index contributed by atoms with van der Waals surface area (Å²) in [6.07, 6.45) is 3.02. The minimum Gasteiger partial charge on any atom is -0.481 e. The molecule has 0 radical (unpaired) electrons. The second-order valence-electron chi connectivity index (χ2n) is 4.51. The van der Waals surface area contributed by atoms with Crippen molar-refractivity contribution in [3.8, 4) is 0 Å². The maximum absolute atomic E-state index is 11.1. The van der Waals surface area contributed by atoms with Gasteiger partial charge in [-0.15, -0.1) is 5.10 Å². The zero-order valence-electron chi connectivity index (χ0n) is 11.2. The van der Waals surface area contributed by atoms with E-state index in [2.05, 4.69) is 15.3 Å². The average Bonchev–Trinajstić information content (AvgIpc) is 3.04. The molecule has 0 bridgehead atoms. The molecule has 0 aliphatic heterocycles. The molecule has 106 valence electrons. The standard InChI is InChI=1S/C14H12N4O3/c1-18-10(8-15-17-18)6-9(7-13(19)20)14-16-11-4-2-3-5-12(11)21-14/h2-6,8H,7H2,1H3,(H,19,20)/b9-6+. The van der Waals surface area contributed by atoms with Crippen molar-refractivity contribution in [1.82, 2.24) is 20.0 Å². The highest BCUT2D eigenvalue weighted by Crippen LogP contribution is 2.24. The van der Waals surface area contributed by atoms with Gasteiger partial charge < -0.3 is 9.52 Å². The molecule has 0 amide bonds. The van der Waals surface area contributed by atoms with Crippen LogP contribution in [0, 0.1) is 0 Å². The lowest BCUT2D eigenvalue weighted by atomic mass is 10.1. The summed E-state index contributed by atoms with van der Waals surface area (Å²) in [6.45, 7) is 0. The molecule has 3 aromatic rings. The average molecular weight is 284 g/mol. The molecule has 0 aliphatic carbocycles. The van der Waals surface area contributed by atoms with Gasteiger partial charge in [0.15, 0.2) is 5.58 Å². The van der Waals surface area contributed by atoms with Gasteiger partial charge in [0.05, 0.1) is 18.3 Å². The van der Waals surface area contributed by atoms with Gasteiger partial charge in [0.2, 0.25) is 5.89 Å². The summed E-state index contributed by atoms with van der Waals surface area (Å²) in [6, 6.07) is 7.28. The van der Waals surface area contributed by atoms with Crippen LogP contribution in [0.2, 0.25) is 0 Å². The molecule has 0 atom stereocenters. The third kappa shape index (κ3) is 2.66. The van der Waals surface area contributed by atoms with E-state index in [1.165, 1.54) is 0 Å². The van der Waals surface area contributed by atoms with E-state index >= 15 is 0 Å². The van der Waals surface area contributed by atoms with Crippen LogP contribution in [-0.4, -0.2) is 31.1 Å². The van der Waals surface area contributed by atoms with Crippen LogP contribution >= 0.6 is 0 Å². The molecule has 0 fully saturated rings. The quantitative estimate of drug-likeness (QED) is 0.787. The van der Waals surface area contributed by atoms with E-state index in [0.29, 0.717) is 28.3 Å². The normalized spacial score (nSPS) is 12.0. The van der Waals surface area contributed by atoms with Crippen molar-refractivity contribution in [1.29, 1.82) is 0 Å². The van der Waals surface area contributed by atoms with Crippen molar-refractivity contribution in [3.63, 3.8) is 0 Å². The monoisotopic (exact) mass is 284 g/mol. The number of hydrogen-bond donors (Lipinski definition) is 1. The predicted molar refractivity (Wildman–Crippen MR) is 75.1 cm³/mol. The lowest BCUT2D eigenvalue weighted by molar-refractivity contribution is -0.135. The summed E-state index contributed by atoms with van der Waals surface area (Å²) in [5.41, 5.74) is 2.44. The second kappa shape index (κ2) is 5.20. The van der Waals surface area contributed by atoms with Crippen LogP contribution in [0.15, 0.2) is 34.9 Å². The van der Waals surface area contributed by atoms with Gasteiger partial charge in [0, 0.05) is 12.6 Å². The van der Waals surface area contributed by atoms with Crippen molar-refractivity contribution >= 4 is 28.7 Å². The minimum atomic E-state index is -0.960. The molecule has 0 spiro atoms. The number of benzene rings is 1. The summed E-state index contributed by atoms with van der Waals surface area (Å²) < 4.78 is 7.17. The first-order chi connectivity index (χ1) is 10.1. The molecule has 1 N–H and O–H groups in total. The van der Waals surface area contributed by atoms with E-state index in [9.17, 15) is 4.79 Å². The highest BCUT2D eigenvalue weighted by atomic mass is 16.4. The minimum absolute atomic E-state index is 0.196. The second-order valence-corrected chi connectivity index (χ2v) is 4.51. The molecule has 0 unspecified atom stereocenters. The third-order valence-electron chi connectivity index (χ3n) is 2.98. The van der Waals surface area contributed by atoms with Gasteiger partial charge in [-0.2, -0.15) is 0 Å².